The summed E-state index contributed by atoms with van der Waals surface area (Å²) in [6.07, 6.45) is 0.0256. The van der Waals surface area contributed by atoms with E-state index in [1.54, 1.807) is 6.92 Å². The molecule has 0 aliphatic carbocycles. The molecule has 1 saturated heterocycles. The Morgan fingerprint density at radius 3 is 2.48 bits per heavy atom. The van der Waals surface area contributed by atoms with Crippen LogP contribution in [0.25, 0.3) is 0 Å². The minimum atomic E-state index is -0.851. The molecule has 1 aromatic carbocycles. The molecule has 2 amide bonds. The van der Waals surface area contributed by atoms with Crippen LogP contribution < -0.4 is 10.6 Å². The lowest BCUT2D eigenvalue weighted by atomic mass is 10.2. The molecule has 2 N–H and O–H groups in total. The number of esters is 2. The number of benzene rings is 1. The van der Waals surface area contributed by atoms with E-state index in [0.29, 0.717) is 11.3 Å². The number of amides is 2. The Balaban J connectivity index is 0.00000364. The highest BCUT2D eigenvalue weighted by molar-refractivity contribution is 8.00. The molecule has 0 radical (unpaired) electrons. The maximum absolute atomic E-state index is 12.5. The Labute approximate surface area is 167 Å². The Morgan fingerprint density at radius 2 is 1.93 bits per heavy atom. The summed E-state index contributed by atoms with van der Waals surface area (Å²) >= 11 is 1.16. The van der Waals surface area contributed by atoms with Crippen LogP contribution in [0.15, 0.2) is 24.3 Å². The molecule has 0 aromatic heterocycles. The van der Waals surface area contributed by atoms with E-state index in [9.17, 15) is 19.2 Å². The molecular weight excluding hydrogens is 396 g/mol. The summed E-state index contributed by atoms with van der Waals surface area (Å²) in [4.78, 5) is 48.8. The largest absolute Gasteiger partial charge is 0.465 e. The number of imide groups is 1. The lowest BCUT2D eigenvalue weighted by Crippen LogP contribution is -2.36. The number of ether oxygens (including phenoxy) is 2. The predicted octanol–water partition coefficient (Wildman–Crippen LogP) is 1.15. The number of carbonyl (C=O) groups excluding carboxylic acids is 4. The van der Waals surface area contributed by atoms with E-state index < -0.39 is 23.2 Å². The van der Waals surface area contributed by atoms with Gasteiger partial charge in [0.1, 0.15) is 6.04 Å². The van der Waals surface area contributed by atoms with Gasteiger partial charge in [-0.15, -0.1) is 24.2 Å². The van der Waals surface area contributed by atoms with Gasteiger partial charge in [-0.05, 0) is 31.2 Å². The number of nitrogens with zero attached hydrogens (tertiary/aromatic N) is 1. The Bertz CT molecular complexity index is 712. The molecule has 1 unspecified atom stereocenters. The van der Waals surface area contributed by atoms with Crippen LogP contribution in [0.1, 0.15) is 23.7 Å². The first-order valence-electron chi connectivity index (χ1n) is 7.98. The number of rotatable bonds is 7. The van der Waals surface area contributed by atoms with Gasteiger partial charge >= 0.3 is 11.9 Å². The average Bonchev–Trinajstić information content (AvgIpc) is 2.92. The summed E-state index contributed by atoms with van der Waals surface area (Å²) < 4.78 is 9.43. The standard InChI is InChI=1S/C17H20N2O6S.ClH/c1-3-25-17(23)12(18)9-26-13-8-14(20)19(15(13)21)11-6-4-10(5-7-11)16(22)24-2;/h4-7,12-13H,3,8-9,18H2,1-2H3;1H/t12-,13?;/m0./s1. The number of nitrogens with two attached hydrogens (primary N) is 1. The summed E-state index contributed by atoms with van der Waals surface area (Å²) in [6, 6.07) is 5.15. The van der Waals surface area contributed by atoms with Crippen LogP contribution >= 0.6 is 24.2 Å². The van der Waals surface area contributed by atoms with Gasteiger partial charge in [0.05, 0.1) is 30.2 Å². The van der Waals surface area contributed by atoms with Crippen LogP contribution in [0.4, 0.5) is 5.69 Å². The molecule has 1 aromatic rings. The number of carbonyl (C=O) groups is 4. The molecule has 8 nitrogen and oxygen atoms in total. The van der Waals surface area contributed by atoms with E-state index in [4.69, 9.17) is 10.5 Å². The highest BCUT2D eigenvalue weighted by Gasteiger charge is 2.40. The first-order chi connectivity index (χ1) is 12.4. The molecule has 0 spiro atoms. The zero-order valence-corrected chi connectivity index (χ0v) is 16.5. The lowest BCUT2D eigenvalue weighted by Gasteiger charge is -2.16. The van der Waals surface area contributed by atoms with Crippen molar-refractivity contribution in [1.29, 1.82) is 0 Å². The number of halogens is 1. The molecule has 2 rings (SSSR count). The van der Waals surface area contributed by atoms with Crippen molar-refractivity contribution < 1.29 is 28.7 Å². The summed E-state index contributed by atoms with van der Waals surface area (Å²) in [5.74, 6) is -1.58. The summed E-state index contributed by atoms with van der Waals surface area (Å²) in [6.45, 7) is 1.91. The highest BCUT2D eigenvalue weighted by atomic mass is 35.5. The van der Waals surface area contributed by atoms with Gasteiger partial charge in [-0.1, -0.05) is 0 Å². The van der Waals surface area contributed by atoms with Gasteiger partial charge in [-0.3, -0.25) is 14.4 Å². The maximum Gasteiger partial charge on any atom is 0.337 e. The zero-order chi connectivity index (χ0) is 19.3. The molecule has 27 heavy (non-hydrogen) atoms. The Kier molecular flexibility index (Phi) is 8.74. The van der Waals surface area contributed by atoms with Crippen molar-refractivity contribution in [3.05, 3.63) is 29.8 Å². The highest BCUT2D eigenvalue weighted by Crippen LogP contribution is 2.30. The Morgan fingerprint density at radius 1 is 1.30 bits per heavy atom. The monoisotopic (exact) mass is 416 g/mol. The van der Waals surface area contributed by atoms with Crippen molar-refractivity contribution in [3.8, 4) is 0 Å². The molecule has 1 fully saturated rings. The fraction of sp³-hybridized carbons (Fsp3) is 0.412. The van der Waals surface area contributed by atoms with Crippen LogP contribution in [-0.2, 0) is 23.9 Å². The van der Waals surface area contributed by atoms with E-state index in [1.807, 2.05) is 0 Å². The minimum Gasteiger partial charge on any atom is -0.465 e. The first kappa shape index (κ1) is 22.9. The summed E-state index contributed by atoms with van der Waals surface area (Å²) in [5, 5.41) is -0.608. The van der Waals surface area contributed by atoms with Gasteiger partial charge in [0.15, 0.2) is 0 Å². The number of hydrogen-bond acceptors (Lipinski definition) is 8. The van der Waals surface area contributed by atoms with Crippen LogP contribution in [0.2, 0.25) is 0 Å². The number of methoxy groups -OCH3 is 1. The van der Waals surface area contributed by atoms with E-state index in [1.165, 1.54) is 31.4 Å². The van der Waals surface area contributed by atoms with Crippen molar-refractivity contribution >= 4 is 53.6 Å². The van der Waals surface area contributed by atoms with Crippen LogP contribution in [0.3, 0.4) is 0 Å². The molecule has 0 saturated carbocycles. The van der Waals surface area contributed by atoms with E-state index in [-0.39, 0.29) is 43.0 Å². The fourth-order valence-corrected chi connectivity index (χ4v) is 3.49. The summed E-state index contributed by atoms with van der Waals surface area (Å²) in [5.41, 5.74) is 6.42. The van der Waals surface area contributed by atoms with Crippen molar-refractivity contribution in [1.82, 2.24) is 0 Å². The maximum atomic E-state index is 12.5. The molecule has 1 aliphatic heterocycles. The van der Waals surface area contributed by atoms with Crippen LogP contribution in [0, 0.1) is 0 Å². The molecule has 1 heterocycles. The van der Waals surface area contributed by atoms with Crippen LogP contribution in [0.5, 0.6) is 0 Å². The van der Waals surface area contributed by atoms with E-state index in [2.05, 4.69) is 4.74 Å². The fourth-order valence-electron chi connectivity index (χ4n) is 2.41. The first-order valence-corrected chi connectivity index (χ1v) is 9.02. The smallest absolute Gasteiger partial charge is 0.337 e. The Hall–Kier alpha value is -2.10. The molecular formula is C17H21ClN2O6S. The van der Waals surface area contributed by atoms with Gasteiger partial charge in [0.2, 0.25) is 11.8 Å². The second-order valence-corrected chi connectivity index (χ2v) is 6.73. The number of thioether (sulfide) groups is 1. The van der Waals surface area contributed by atoms with E-state index >= 15 is 0 Å². The molecule has 10 heteroatoms. The van der Waals surface area contributed by atoms with Gasteiger partial charge in [0, 0.05) is 12.2 Å². The number of anilines is 1. The molecule has 1 aliphatic rings. The minimum absolute atomic E-state index is 0. The molecule has 2 atom stereocenters. The normalized spacial score (nSPS) is 17.3. The van der Waals surface area contributed by atoms with Crippen molar-refractivity contribution in [2.24, 2.45) is 5.73 Å². The van der Waals surface area contributed by atoms with Crippen molar-refractivity contribution in [3.63, 3.8) is 0 Å². The third-order valence-electron chi connectivity index (χ3n) is 3.72. The van der Waals surface area contributed by atoms with Crippen LogP contribution in [-0.4, -0.2) is 54.5 Å². The van der Waals surface area contributed by atoms with Crippen molar-refractivity contribution in [2.75, 3.05) is 24.4 Å². The quantitative estimate of drug-likeness (QED) is 0.519. The number of hydrogen-bond donors (Lipinski definition) is 1. The van der Waals surface area contributed by atoms with Gasteiger partial charge < -0.3 is 15.2 Å². The SMILES string of the molecule is CCOC(=O)[C@@H](N)CSC1CC(=O)N(c2ccc(C(=O)OC)cc2)C1=O.Cl. The predicted molar refractivity (Wildman–Crippen MR) is 103 cm³/mol. The van der Waals surface area contributed by atoms with Crippen molar-refractivity contribution in [2.45, 2.75) is 24.6 Å². The second-order valence-electron chi connectivity index (χ2n) is 5.49. The zero-order valence-electron chi connectivity index (χ0n) is 14.9. The lowest BCUT2D eigenvalue weighted by molar-refractivity contribution is -0.144. The van der Waals surface area contributed by atoms with E-state index in [0.717, 1.165) is 16.7 Å². The average molecular weight is 417 g/mol. The third-order valence-corrected chi connectivity index (χ3v) is 5.04. The third kappa shape index (κ3) is 5.44. The summed E-state index contributed by atoms with van der Waals surface area (Å²) in [7, 11) is 1.27. The second kappa shape index (κ2) is 10.3. The van der Waals surface area contributed by atoms with Gasteiger partial charge in [-0.25, -0.2) is 9.69 Å². The van der Waals surface area contributed by atoms with Gasteiger partial charge in [-0.2, -0.15) is 0 Å². The topological polar surface area (TPSA) is 116 Å². The van der Waals surface area contributed by atoms with Gasteiger partial charge in [0.25, 0.3) is 0 Å². The molecule has 0 bridgehead atoms. The molecule has 148 valence electrons.